The molecule has 1 aliphatic heterocycles. The molecule has 1 atom stereocenters. The molecular weight excluding hydrogens is 278 g/mol. The van der Waals surface area contributed by atoms with Crippen LogP contribution in [0.5, 0.6) is 5.75 Å². The molecule has 0 aliphatic carbocycles. The first kappa shape index (κ1) is 13.4. The highest BCUT2D eigenvalue weighted by atomic mass is 32.2. The number of ether oxygens (including phenoxy) is 1. The van der Waals surface area contributed by atoms with E-state index in [1.807, 2.05) is 22.7 Å². The molecule has 0 aromatic carbocycles. The average molecular weight is 295 g/mol. The van der Waals surface area contributed by atoms with Crippen molar-refractivity contribution in [3.05, 3.63) is 24.2 Å². The summed E-state index contributed by atoms with van der Waals surface area (Å²) in [6.07, 6.45) is 4.14. The number of fused-ring (bicyclic) bond motifs is 1. The Bertz CT molecular complexity index is 724. The van der Waals surface area contributed by atoms with Gasteiger partial charge in [-0.25, -0.2) is 8.42 Å². The van der Waals surface area contributed by atoms with E-state index in [9.17, 15) is 8.42 Å². The topological polar surface area (TPSA) is 73.6 Å². The van der Waals surface area contributed by atoms with Gasteiger partial charge in [-0.05, 0) is 30.9 Å². The molecule has 0 spiro atoms. The molecule has 20 heavy (non-hydrogen) atoms. The molecule has 108 valence electrons. The third-order valence-corrected chi connectivity index (χ3v) is 5.60. The summed E-state index contributed by atoms with van der Waals surface area (Å²) >= 11 is 0. The van der Waals surface area contributed by atoms with E-state index in [1.165, 1.54) is 0 Å². The van der Waals surface area contributed by atoms with Gasteiger partial charge in [-0.3, -0.25) is 4.40 Å². The maximum atomic E-state index is 11.7. The number of nitrogens with zero attached hydrogens (tertiary/aromatic N) is 3. The summed E-state index contributed by atoms with van der Waals surface area (Å²) in [5.41, 5.74) is 0.750. The summed E-state index contributed by atoms with van der Waals surface area (Å²) < 4.78 is 30.5. The van der Waals surface area contributed by atoms with Gasteiger partial charge in [-0.2, -0.15) is 0 Å². The SMILES string of the molecule is COc1ccc2nnc(CC3CCCS(=O)(=O)C3)n2c1. The molecule has 0 amide bonds. The van der Waals surface area contributed by atoms with E-state index in [4.69, 9.17) is 4.74 Å². The predicted molar refractivity (Wildman–Crippen MR) is 74.6 cm³/mol. The van der Waals surface area contributed by atoms with Gasteiger partial charge in [0, 0.05) is 6.42 Å². The summed E-state index contributed by atoms with van der Waals surface area (Å²) in [4.78, 5) is 0. The number of hydrogen-bond acceptors (Lipinski definition) is 5. The quantitative estimate of drug-likeness (QED) is 0.848. The van der Waals surface area contributed by atoms with Gasteiger partial charge in [0.2, 0.25) is 0 Å². The maximum Gasteiger partial charge on any atom is 0.161 e. The van der Waals surface area contributed by atoms with Crippen LogP contribution in [-0.4, -0.2) is 41.6 Å². The van der Waals surface area contributed by atoms with Gasteiger partial charge in [0.1, 0.15) is 11.6 Å². The zero-order valence-electron chi connectivity index (χ0n) is 11.3. The highest BCUT2D eigenvalue weighted by molar-refractivity contribution is 7.91. The molecule has 7 heteroatoms. The fourth-order valence-corrected chi connectivity index (χ4v) is 4.49. The zero-order valence-corrected chi connectivity index (χ0v) is 12.1. The lowest BCUT2D eigenvalue weighted by Gasteiger charge is -2.20. The van der Waals surface area contributed by atoms with Crippen LogP contribution >= 0.6 is 0 Å². The van der Waals surface area contributed by atoms with Crippen LogP contribution in [0.25, 0.3) is 5.65 Å². The average Bonchev–Trinajstić information content (AvgIpc) is 2.80. The lowest BCUT2D eigenvalue weighted by Crippen LogP contribution is -2.27. The lowest BCUT2D eigenvalue weighted by atomic mass is 10.0. The first-order valence-corrected chi connectivity index (χ1v) is 8.47. The Morgan fingerprint density at radius 3 is 3.00 bits per heavy atom. The molecule has 2 aromatic heterocycles. The molecule has 6 nitrogen and oxygen atoms in total. The van der Waals surface area contributed by atoms with Crippen LogP contribution in [0, 0.1) is 5.92 Å². The Hall–Kier alpha value is -1.63. The van der Waals surface area contributed by atoms with Gasteiger partial charge < -0.3 is 4.74 Å². The smallest absolute Gasteiger partial charge is 0.161 e. The molecule has 3 heterocycles. The highest BCUT2D eigenvalue weighted by Gasteiger charge is 2.26. The van der Waals surface area contributed by atoms with Crippen LogP contribution in [0.3, 0.4) is 0 Å². The van der Waals surface area contributed by atoms with Crippen molar-refractivity contribution < 1.29 is 13.2 Å². The van der Waals surface area contributed by atoms with E-state index >= 15 is 0 Å². The van der Waals surface area contributed by atoms with Crippen molar-refractivity contribution in [2.24, 2.45) is 5.92 Å². The van der Waals surface area contributed by atoms with Crippen molar-refractivity contribution in [1.82, 2.24) is 14.6 Å². The summed E-state index contributed by atoms with van der Waals surface area (Å²) in [6.45, 7) is 0. The summed E-state index contributed by atoms with van der Waals surface area (Å²) in [7, 11) is -1.27. The van der Waals surface area contributed by atoms with Gasteiger partial charge in [0.25, 0.3) is 0 Å². The number of rotatable bonds is 3. The van der Waals surface area contributed by atoms with Crippen molar-refractivity contribution in [1.29, 1.82) is 0 Å². The van der Waals surface area contributed by atoms with Crippen molar-refractivity contribution in [2.75, 3.05) is 18.6 Å². The Morgan fingerprint density at radius 1 is 1.40 bits per heavy atom. The third-order valence-electron chi connectivity index (χ3n) is 3.71. The second kappa shape index (κ2) is 5.05. The Balaban J connectivity index is 1.87. The van der Waals surface area contributed by atoms with Crippen LogP contribution in [0.2, 0.25) is 0 Å². The first-order chi connectivity index (χ1) is 9.57. The molecule has 1 aliphatic rings. The Kier molecular flexibility index (Phi) is 3.37. The van der Waals surface area contributed by atoms with Crippen LogP contribution < -0.4 is 4.74 Å². The van der Waals surface area contributed by atoms with Crippen LogP contribution in [0.4, 0.5) is 0 Å². The van der Waals surface area contributed by atoms with Crippen molar-refractivity contribution in [3.8, 4) is 5.75 Å². The van der Waals surface area contributed by atoms with Gasteiger partial charge in [0.05, 0.1) is 24.8 Å². The van der Waals surface area contributed by atoms with Gasteiger partial charge in [0.15, 0.2) is 15.5 Å². The largest absolute Gasteiger partial charge is 0.495 e. The van der Waals surface area contributed by atoms with Crippen molar-refractivity contribution in [3.63, 3.8) is 0 Å². The number of methoxy groups -OCH3 is 1. The Morgan fingerprint density at radius 2 is 2.25 bits per heavy atom. The number of sulfone groups is 1. The fraction of sp³-hybridized carbons (Fsp3) is 0.538. The van der Waals surface area contributed by atoms with E-state index in [0.29, 0.717) is 12.2 Å². The lowest BCUT2D eigenvalue weighted by molar-refractivity contribution is 0.411. The minimum absolute atomic E-state index is 0.132. The van der Waals surface area contributed by atoms with E-state index in [0.717, 1.165) is 30.1 Å². The molecule has 0 saturated carbocycles. The number of hydrogen-bond donors (Lipinski definition) is 0. The molecule has 0 bridgehead atoms. The predicted octanol–water partition coefficient (Wildman–Crippen LogP) is 1.11. The van der Waals surface area contributed by atoms with Gasteiger partial charge >= 0.3 is 0 Å². The monoisotopic (exact) mass is 295 g/mol. The van der Waals surface area contributed by atoms with E-state index in [2.05, 4.69) is 10.2 Å². The second-order valence-corrected chi connectivity index (χ2v) is 7.47. The Labute approximate surface area is 117 Å². The summed E-state index contributed by atoms with van der Waals surface area (Å²) in [6, 6.07) is 3.67. The van der Waals surface area contributed by atoms with Crippen LogP contribution in [0.15, 0.2) is 18.3 Å². The molecule has 1 unspecified atom stereocenters. The van der Waals surface area contributed by atoms with Crippen molar-refractivity contribution in [2.45, 2.75) is 19.3 Å². The molecule has 0 radical (unpaired) electrons. The summed E-state index contributed by atoms with van der Waals surface area (Å²) in [5.74, 6) is 2.23. The molecule has 1 fully saturated rings. The first-order valence-electron chi connectivity index (χ1n) is 6.65. The van der Waals surface area contributed by atoms with Crippen LogP contribution in [-0.2, 0) is 16.3 Å². The molecule has 2 aromatic rings. The third kappa shape index (κ3) is 2.63. The minimum Gasteiger partial charge on any atom is -0.495 e. The standard InChI is InChI=1S/C13H17N3O3S/c1-19-11-4-5-12-14-15-13(16(12)8-11)7-10-3-2-6-20(17,18)9-10/h4-5,8,10H,2-3,6-7,9H2,1H3. The van der Waals surface area contributed by atoms with E-state index in [1.54, 1.807) is 7.11 Å². The second-order valence-electron chi connectivity index (χ2n) is 5.24. The minimum atomic E-state index is -2.88. The number of aromatic nitrogens is 3. The molecule has 0 N–H and O–H groups in total. The molecule has 1 saturated heterocycles. The van der Waals surface area contributed by atoms with Gasteiger partial charge in [-0.1, -0.05) is 0 Å². The molecule has 3 rings (SSSR count). The van der Waals surface area contributed by atoms with Crippen molar-refractivity contribution >= 4 is 15.5 Å². The summed E-state index contributed by atoms with van der Waals surface area (Å²) in [5, 5.41) is 8.28. The molecular formula is C13H17N3O3S. The van der Waals surface area contributed by atoms with Crippen LogP contribution in [0.1, 0.15) is 18.7 Å². The van der Waals surface area contributed by atoms with E-state index < -0.39 is 9.84 Å². The fourth-order valence-electron chi connectivity index (χ4n) is 2.72. The highest BCUT2D eigenvalue weighted by Crippen LogP contribution is 2.22. The number of pyridine rings is 1. The van der Waals surface area contributed by atoms with Gasteiger partial charge in [-0.15, -0.1) is 10.2 Å². The maximum absolute atomic E-state index is 11.7. The zero-order chi connectivity index (χ0) is 14.2. The normalized spacial score (nSPS) is 21.9. The van der Waals surface area contributed by atoms with E-state index in [-0.39, 0.29) is 11.7 Å².